The van der Waals surface area contributed by atoms with E-state index in [1.807, 2.05) is 21.0 Å². The second-order valence-corrected chi connectivity index (χ2v) is 4.94. The SMILES string of the molecule is CCOc1cc(C=O)ccc1OCC(C)CN(C)C. The Morgan fingerprint density at radius 1 is 1.26 bits per heavy atom. The molecule has 1 rings (SSSR count). The van der Waals surface area contributed by atoms with Gasteiger partial charge in [-0.25, -0.2) is 0 Å². The number of nitrogens with zero attached hydrogens (tertiary/aromatic N) is 1. The zero-order chi connectivity index (χ0) is 14.3. The summed E-state index contributed by atoms with van der Waals surface area (Å²) in [5.41, 5.74) is 0.595. The van der Waals surface area contributed by atoms with Crippen LogP contribution in [0.2, 0.25) is 0 Å². The van der Waals surface area contributed by atoms with Crippen LogP contribution in [0.3, 0.4) is 0 Å². The second-order valence-electron chi connectivity index (χ2n) is 4.94. The van der Waals surface area contributed by atoms with Crippen molar-refractivity contribution in [2.75, 3.05) is 33.9 Å². The molecule has 1 aromatic rings. The van der Waals surface area contributed by atoms with Crippen molar-refractivity contribution in [1.29, 1.82) is 0 Å². The van der Waals surface area contributed by atoms with Crippen LogP contribution in [-0.4, -0.2) is 45.0 Å². The van der Waals surface area contributed by atoms with Crippen LogP contribution < -0.4 is 9.47 Å². The third-order valence-electron chi connectivity index (χ3n) is 2.60. The molecule has 0 fully saturated rings. The first-order valence-corrected chi connectivity index (χ1v) is 6.56. The van der Waals surface area contributed by atoms with Crippen molar-refractivity contribution in [3.05, 3.63) is 23.8 Å². The fourth-order valence-electron chi connectivity index (χ4n) is 1.89. The van der Waals surface area contributed by atoms with Crippen LogP contribution in [0, 0.1) is 5.92 Å². The third kappa shape index (κ3) is 5.30. The molecule has 0 aliphatic carbocycles. The molecule has 4 nitrogen and oxygen atoms in total. The summed E-state index contributed by atoms with van der Waals surface area (Å²) in [6.07, 6.45) is 0.807. The highest BCUT2D eigenvalue weighted by molar-refractivity contribution is 5.76. The fourth-order valence-corrected chi connectivity index (χ4v) is 1.89. The Kier molecular flexibility index (Phi) is 6.36. The number of carbonyl (C=O) groups is 1. The summed E-state index contributed by atoms with van der Waals surface area (Å²) >= 11 is 0. The van der Waals surface area contributed by atoms with Crippen molar-refractivity contribution in [2.45, 2.75) is 13.8 Å². The molecule has 0 radical (unpaired) electrons. The lowest BCUT2D eigenvalue weighted by atomic mass is 10.2. The average molecular weight is 265 g/mol. The van der Waals surface area contributed by atoms with Gasteiger partial charge in [-0.3, -0.25) is 4.79 Å². The lowest BCUT2D eigenvalue weighted by molar-refractivity contribution is 0.112. The van der Waals surface area contributed by atoms with Gasteiger partial charge >= 0.3 is 0 Å². The second kappa shape index (κ2) is 7.79. The van der Waals surface area contributed by atoms with Crippen LogP contribution in [0.25, 0.3) is 0 Å². The summed E-state index contributed by atoms with van der Waals surface area (Å²) in [5, 5.41) is 0. The molecule has 0 bridgehead atoms. The molecule has 0 amide bonds. The van der Waals surface area contributed by atoms with Gasteiger partial charge in [-0.2, -0.15) is 0 Å². The molecule has 4 heteroatoms. The van der Waals surface area contributed by atoms with Crippen LogP contribution in [0.1, 0.15) is 24.2 Å². The molecular weight excluding hydrogens is 242 g/mol. The summed E-state index contributed by atoms with van der Waals surface area (Å²) in [5.74, 6) is 1.75. The Morgan fingerprint density at radius 3 is 2.58 bits per heavy atom. The summed E-state index contributed by atoms with van der Waals surface area (Å²) in [6.45, 7) is 6.19. The molecule has 0 saturated heterocycles. The van der Waals surface area contributed by atoms with Gasteiger partial charge in [0.2, 0.25) is 0 Å². The summed E-state index contributed by atoms with van der Waals surface area (Å²) in [6, 6.07) is 5.24. The molecule has 0 aliphatic heterocycles. The monoisotopic (exact) mass is 265 g/mol. The molecular formula is C15H23NO3. The number of hydrogen-bond donors (Lipinski definition) is 0. The van der Waals surface area contributed by atoms with Crippen molar-refractivity contribution in [3.63, 3.8) is 0 Å². The third-order valence-corrected chi connectivity index (χ3v) is 2.60. The van der Waals surface area contributed by atoms with E-state index in [2.05, 4.69) is 11.8 Å². The highest BCUT2D eigenvalue weighted by Crippen LogP contribution is 2.28. The Morgan fingerprint density at radius 2 is 2.00 bits per heavy atom. The lowest BCUT2D eigenvalue weighted by Crippen LogP contribution is -2.24. The van der Waals surface area contributed by atoms with E-state index in [4.69, 9.17) is 9.47 Å². The minimum absolute atomic E-state index is 0.426. The van der Waals surface area contributed by atoms with Crippen molar-refractivity contribution in [2.24, 2.45) is 5.92 Å². The van der Waals surface area contributed by atoms with Crippen LogP contribution in [0.5, 0.6) is 11.5 Å². The molecule has 1 unspecified atom stereocenters. The molecule has 1 aromatic carbocycles. The number of rotatable bonds is 8. The quantitative estimate of drug-likeness (QED) is 0.677. The van der Waals surface area contributed by atoms with E-state index in [1.165, 1.54) is 0 Å². The van der Waals surface area contributed by atoms with Crippen molar-refractivity contribution in [3.8, 4) is 11.5 Å². The van der Waals surface area contributed by atoms with Crippen LogP contribution in [0.4, 0.5) is 0 Å². The Balaban J connectivity index is 2.68. The number of aldehydes is 1. The standard InChI is InChI=1S/C15H23NO3/c1-5-18-15-8-13(10-17)6-7-14(15)19-11-12(2)9-16(3)4/h6-8,10,12H,5,9,11H2,1-4H3. The van der Waals surface area contributed by atoms with E-state index in [0.717, 1.165) is 12.8 Å². The lowest BCUT2D eigenvalue weighted by Gasteiger charge is -2.18. The minimum atomic E-state index is 0.426. The predicted octanol–water partition coefficient (Wildman–Crippen LogP) is 2.47. The van der Waals surface area contributed by atoms with Gasteiger partial charge in [0.1, 0.15) is 6.29 Å². The largest absolute Gasteiger partial charge is 0.490 e. The Hall–Kier alpha value is -1.55. The van der Waals surface area contributed by atoms with Crippen molar-refractivity contribution >= 4 is 6.29 Å². The summed E-state index contributed by atoms with van der Waals surface area (Å²) < 4.78 is 11.3. The topological polar surface area (TPSA) is 38.8 Å². The summed E-state index contributed by atoms with van der Waals surface area (Å²) in [4.78, 5) is 12.9. The molecule has 0 N–H and O–H groups in total. The fraction of sp³-hybridized carbons (Fsp3) is 0.533. The highest BCUT2D eigenvalue weighted by Gasteiger charge is 2.09. The van der Waals surface area contributed by atoms with Crippen LogP contribution in [0.15, 0.2) is 18.2 Å². The Labute approximate surface area is 115 Å². The van der Waals surface area contributed by atoms with Gasteiger partial charge in [0.25, 0.3) is 0 Å². The highest BCUT2D eigenvalue weighted by atomic mass is 16.5. The molecule has 106 valence electrons. The minimum Gasteiger partial charge on any atom is -0.490 e. The van der Waals surface area contributed by atoms with Gasteiger partial charge in [-0.15, -0.1) is 0 Å². The number of hydrogen-bond acceptors (Lipinski definition) is 4. The van der Waals surface area contributed by atoms with E-state index in [1.54, 1.807) is 18.2 Å². The predicted molar refractivity (Wildman–Crippen MR) is 76.2 cm³/mol. The van der Waals surface area contributed by atoms with Crippen LogP contribution in [-0.2, 0) is 0 Å². The first-order valence-electron chi connectivity index (χ1n) is 6.56. The molecule has 0 heterocycles. The molecule has 0 spiro atoms. The van der Waals surface area contributed by atoms with Crippen LogP contribution >= 0.6 is 0 Å². The first kappa shape index (κ1) is 15.5. The van der Waals surface area contributed by atoms with E-state index in [-0.39, 0.29) is 0 Å². The Bertz CT molecular complexity index is 404. The molecule has 1 atom stereocenters. The molecule has 0 aliphatic rings. The van der Waals surface area contributed by atoms with Gasteiger partial charge in [-0.05, 0) is 39.2 Å². The van der Waals surface area contributed by atoms with E-state index in [9.17, 15) is 4.79 Å². The van der Waals surface area contributed by atoms with Crippen molar-refractivity contribution in [1.82, 2.24) is 4.90 Å². The zero-order valence-electron chi connectivity index (χ0n) is 12.2. The molecule has 0 saturated carbocycles. The first-order chi connectivity index (χ1) is 9.06. The smallest absolute Gasteiger partial charge is 0.161 e. The van der Waals surface area contributed by atoms with E-state index in [0.29, 0.717) is 36.2 Å². The van der Waals surface area contributed by atoms with E-state index >= 15 is 0 Å². The van der Waals surface area contributed by atoms with Gasteiger partial charge < -0.3 is 14.4 Å². The number of benzene rings is 1. The normalized spacial score (nSPS) is 12.3. The maximum absolute atomic E-state index is 10.8. The number of ether oxygens (including phenoxy) is 2. The molecule has 19 heavy (non-hydrogen) atoms. The average Bonchev–Trinajstić information content (AvgIpc) is 2.36. The van der Waals surface area contributed by atoms with E-state index < -0.39 is 0 Å². The van der Waals surface area contributed by atoms with Gasteiger partial charge in [-0.1, -0.05) is 6.92 Å². The maximum atomic E-state index is 10.8. The van der Waals surface area contributed by atoms with Crippen molar-refractivity contribution < 1.29 is 14.3 Å². The van der Waals surface area contributed by atoms with Gasteiger partial charge in [0, 0.05) is 18.0 Å². The summed E-state index contributed by atoms with van der Waals surface area (Å²) in [7, 11) is 4.09. The van der Waals surface area contributed by atoms with Gasteiger partial charge in [0.15, 0.2) is 11.5 Å². The molecule has 0 aromatic heterocycles. The maximum Gasteiger partial charge on any atom is 0.161 e. The van der Waals surface area contributed by atoms with Gasteiger partial charge in [0.05, 0.1) is 13.2 Å². The number of carbonyl (C=O) groups excluding carboxylic acids is 1. The zero-order valence-corrected chi connectivity index (χ0v) is 12.2.